The van der Waals surface area contributed by atoms with Crippen LogP contribution in [-0.4, -0.2) is 16.4 Å². The molecule has 3 N–H and O–H groups in total. The van der Waals surface area contributed by atoms with Crippen LogP contribution in [0.1, 0.15) is 51.4 Å². The van der Waals surface area contributed by atoms with Gasteiger partial charge in [0.05, 0.1) is 12.2 Å². The second-order valence-corrected chi connectivity index (χ2v) is 6.42. The third kappa shape index (κ3) is 2.63. The number of nitrogens with one attached hydrogen (secondary N) is 1. The number of hydrogen-bond acceptors (Lipinski definition) is 3. The van der Waals surface area contributed by atoms with Crippen LogP contribution in [0, 0.1) is 5.41 Å². The predicted molar refractivity (Wildman–Crippen MR) is 75.5 cm³/mol. The van der Waals surface area contributed by atoms with Crippen molar-refractivity contribution >= 4 is 5.91 Å². The van der Waals surface area contributed by atoms with Gasteiger partial charge in [-0.2, -0.15) is 0 Å². The molecule has 1 aromatic rings. The molecule has 4 heteroatoms. The van der Waals surface area contributed by atoms with Crippen molar-refractivity contribution in [2.24, 2.45) is 11.1 Å². The summed E-state index contributed by atoms with van der Waals surface area (Å²) in [6, 6.07) is 5.90. The smallest absolute Gasteiger partial charge is 0.240 e. The Morgan fingerprint density at radius 3 is 2.63 bits per heavy atom. The Labute approximate surface area is 114 Å². The van der Waals surface area contributed by atoms with Crippen molar-refractivity contribution in [2.45, 2.75) is 52.1 Å². The van der Waals surface area contributed by atoms with E-state index < -0.39 is 5.54 Å². The Morgan fingerprint density at radius 2 is 2.11 bits per heavy atom. The van der Waals surface area contributed by atoms with Gasteiger partial charge < -0.3 is 11.1 Å². The van der Waals surface area contributed by atoms with Crippen LogP contribution in [0.3, 0.4) is 0 Å². The van der Waals surface area contributed by atoms with Gasteiger partial charge in [0, 0.05) is 5.69 Å². The van der Waals surface area contributed by atoms with Gasteiger partial charge >= 0.3 is 0 Å². The summed E-state index contributed by atoms with van der Waals surface area (Å²) >= 11 is 0. The Balaban J connectivity index is 1.96. The molecule has 0 radical (unpaired) electrons. The normalized spacial score (nSPS) is 24.3. The lowest BCUT2D eigenvalue weighted by molar-refractivity contribution is -0.124. The van der Waals surface area contributed by atoms with Crippen molar-refractivity contribution in [3.05, 3.63) is 29.6 Å². The molecule has 19 heavy (non-hydrogen) atoms. The zero-order valence-electron chi connectivity index (χ0n) is 12.2. The second-order valence-electron chi connectivity index (χ2n) is 6.42. The molecule has 1 aromatic heterocycles. The lowest BCUT2D eigenvalue weighted by Gasteiger charge is -2.15. The summed E-state index contributed by atoms with van der Waals surface area (Å²) in [7, 11) is 0. The van der Waals surface area contributed by atoms with Gasteiger partial charge in [-0.1, -0.05) is 33.8 Å². The maximum absolute atomic E-state index is 12.1. The van der Waals surface area contributed by atoms with Gasteiger partial charge in [0.1, 0.15) is 5.54 Å². The average molecular weight is 261 g/mol. The Morgan fingerprint density at radius 1 is 1.47 bits per heavy atom. The Hall–Kier alpha value is -1.42. The number of carbonyl (C=O) groups is 1. The van der Waals surface area contributed by atoms with Crippen LogP contribution in [0.2, 0.25) is 0 Å². The number of carbonyl (C=O) groups excluding carboxylic acids is 1. The molecular formula is C15H23N3O. The molecule has 1 atom stereocenters. The van der Waals surface area contributed by atoms with E-state index in [0.717, 1.165) is 17.8 Å². The van der Waals surface area contributed by atoms with E-state index in [1.54, 1.807) is 0 Å². The quantitative estimate of drug-likeness (QED) is 0.870. The molecule has 1 amide bonds. The minimum atomic E-state index is -0.706. The van der Waals surface area contributed by atoms with Crippen LogP contribution in [0.25, 0.3) is 0 Å². The van der Waals surface area contributed by atoms with Crippen LogP contribution < -0.4 is 11.1 Å². The zero-order chi connectivity index (χ0) is 14.3. The Bertz CT molecular complexity index is 496. The Kier molecular flexibility index (Phi) is 3.39. The minimum absolute atomic E-state index is 0.0748. The van der Waals surface area contributed by atoms with Gasteiger partial charge in [-0.15, -0.1) is 0 Å². The van der Waals surface area contributed by atoms with E-state index in [1.165, 1.54) is 0 Å². The van der Waals surface area contributed by atoms with E-state index >= 15 is 0 Å². The first kappa shape index (κ1) is 14.0. The van der Waals surface area contributed by atoms with E-state index in [9.17, 15) is 4.79 Å². The summed E-state index contributed by atoms with van der Waals surface area (Å²) < 4.78 is 0. The third-order valence-electron chi connectivity index (χ3n) is 4.06. The molecular weight excluding hydrogens is 238 g/mol. The summed E-state index contributed by atoms with van der Waals surface area (Å²) in [6.45, 7) is 8.68. The average Bonchev–Trinajstić information content (AvgIpc) is 2.87. The highest BCUT2D eigenvalue weighted by atomic mass is 16.2. The molecule has 0 bridgehead atoms. The van der Waals surface area contributed by atoms with Gasteiger partial charge in [0.15, 0.2) is 0 Å². The van der Waals surface area contributed by atoms with Crippen molar-refractivity contribution in [1.29, 1.82) is 0 Å². The number of nitrogens with two attached hydrogens (primary N) is 1. The van der Waals surface area contributed by atoms with Gasteiger partial charge in [-0.25, -0.2) is 0 Å². The SMILES string of the molecule is CC(C)c1cccc(CNC(=O)C2(N)CC2(C)C)n1. The molecule has 0 saturated heterocycles. The number of amides is 1. The fourth-order valence-corrected chi connectivity index (χ4v) is 2.29. The molecule has 0 aromatic carbocycles. The van der Waals surface area contributed by atoms with Gasteiger partial charge in [0.2, 0.25) is 5.91 Å². The van der Waals surface area contributed by atoms with Crippen molar-refractivity contribution in [2.75, 3.05) is 0 Å². The number of pyridine rings is 1. The van der Waals surface area contributed by atoms with Gasteiger partial charge in [-0.05, 0) is 29.9 Å². The summed E-state index contributed by atoms with van der Waals surface area (Å²) in [5, 5.41) is 2.90. The van der Waals surface area contributed by atoms with Crippen LogP contribution in [0.15, 0.2) is 18.2 Å². The van der Waals surface area contributed by atoms with E-state index in [0.29, 0.717) is 12.5 Å². The number of rotatable bonds is 4. The third-order valence-corrected chi connectivity index (χ3v) is 4.06. The van der Waals surface area contributed by atoms with E-state index in [1.807, 2.05) is 32.0 Å². The zero-order valence-corrected chi connectivity index (χ0v) is 12.2. The summed E-state index contributed by atoms with van der Waals surface area (Å²) in [6.07, 6.45) is 0.741. The summed E-state index contributed by atoms with van der Waals surface area (Å²) in [5.74, 6) is 0.313. The fourth-order valence-electron chi connectivity index (χ4n) is 2.29. The molecule has 1 aliphatic carbocycles. The van der Waals surface area contributed by atoms with E-state index in [4.69, 9.17) is 5.73 Å². The monoisotopic (exact) mass is 261 g/mol. The van der Waals surface area contributed by atoms with Crippen molar-refractivity contribution in [1.82, 2.24) is 10.3 Å². The maximum Gasteiger partial charge on any atom is 0.240 e. The van der Waals surface area contributed by atoms with Crippen molar-refractivity contribution in [3.63, 3.8) is 0 Å². The minimum Gasteiger partial charge on any atom is -0.349 e. The van der Waals surface area contributed by atoms with Crippen molar-refractivity contribution < 1.29 is 4.79 Å². The lowest BCUT2D eigenvalue weighted by Crippen LogP contribution is -2.45. The second kappa shape index (κ2) is 4.60. The molecule has 1 fully saturated rings. The number of nitrogens with zero attached hydrogens (tertiary/aromatic N) is 1. The molecule has 1 saturated carbocycles. The largest absolute Gasteiger partial charge is 0.349 e. The predicted octanol–water partition coefficient (Wildman–Crippen LogP) is 1.95. The molecule has 1 heterocycles. The standard InChI is InChI=1S/C15H23N3O/c1-10(2)12-7-5-6-11(18-12)8-17-13(19)15(16)9-14(15,3)4/h5-7,10H,8-9,16H2,1-4H3,(H,17,19). The first-order chi connectivity index (χ1) is 8.76. The topological polar surface area (TPSA) is 68.0 Å². The van der Waals surface area contributed by atoms with E-state index in [-0.39, 0.29) is 11.3 Å². The molecule has 1 unspecified atom stereocenters. The fraction of sp³-hybridized carbons (Fsp3) is 0.600. The number of hydrogen-bond donors (Lipinski definition) is 2. The summed E-state index contributed by atoms with van der Waals surface area (Å²) in [5.41, 5.74) is 7.20. The van der Waals surface area contributed by atoms with Gasteiger partial charge in [-0.3, -0.25) is 9.78 Å². The first-order valence-corrected chi connectivity index (χ1v) is 6.79. The maximum atomic E-state index is 12.1. The van der Waals surface area contributed by atoms with Crippen LogP contribution in [-0.2, 0) is 11.3 Å². The summed E-state index contributed by atoms with van der Waals surface area (Å²) in [4.78, 5) is 16.6. The van der Waals surface area contributed by atoms with E-state index in [2.05, 4.69) is 24.1 Å². The lowest BCUT2D eigenvalue weighted by atomic mass is 10.0. The molecule has 0 aliphatic heterocycles. The van der Waals surface area contributed by atoms with Crippen LogP contribution >= 0.6 is 0 Å². The van der Waals surface area contributed by atoms with Crippen LogP contribution in [0.4, 0.5) is 0 Å². The van der Waals surface area contributed by atoms with Crippen molar-refractivity contribution in [3.8, 4) is 0 Å². The molecule has 0 spiro atoms. The number of aromatic nitrogens is 1. The molecule has 1 aliphatic rings. The molecule has 4 nitrogen and oxygen atoms in total. The first-order valence-electron chi connectivity index (χ1n) is 6.79. The molecule has 104 valence electrons. The molecule has 2 rings (SSSR count). The highest BCUT2D eigenvalue weighted by Gasteiger charge is 2.63. The highest BCUT2D eigenvalue weighted by molar-refractivity contribution is 5.90. The highest BCUT2D eigenvalue weighted by Crippen LogP contribution is 2.53. The van der Waals surface area contributed by atoms with Crippen LogP contribution in [0.5, 0.6) is 0 Å². The van der Waals surface area contributed by atoms with Gasteiger partial charge in [0.25, 0.3) is 0 Å².